The Balaban J connectivity index is 2.25. The molecule has 0 atom stereocenters. The molecule has 0 bridgehead atoms. The van der Waals surface area contributed by atoms with Gasteiger partial charge < -0.3 is 14.8 Å². The maximum absolute atomic E-state index is 12.1. The molecule has 0 radical (unpaired) electrons. The lowest BCUT2D eigenvalue weighted by Gasteiger charge is -2.07. The lowest BCUT2D eigenvalue weighted by molar-refractivity contribution is -0.132. The van der Waals surface area contributed by atoms with Crippen molar-refractivity contribution in [2.75, 3.05) is 0 Å². The molecular formula is C15H12INO4. The molecule has 1 heterocycles. The number of aliphatic carboxylic acids is 1. The number of carboxylic acids is 1. The third-order valence-electron chi connectivity index (χ3n) is 2.64. The minimum absolute atomic E-state index is 0.242. The van der Waals surface area contributed by atoms with Crippen molar-refractivity contribution in [1.29, 1.82) is 0 Å². The molecule has 0 aliphatic rings. The second-order valence-corrected chi connectivity index (χ2v) is 5.41. The van der Waals surface area contributed by atoms with E-state index in [1.807, 2.05) is 22.6 Å². The zero-order chi connectivity index (χ0) is 15.4. The van der Waals surface area contributed by atoms with Crippen molar-refractivity contribution >= 4 is 40.5 Å². The first-order valence-electron chi connectivity index (χ1n) is 6.04. The van der Waals surface area contributed by atoms with Gasteiger partial charge >= 0.3 is 5.97 Å². The van der Waals surface area contributed by atoms with Crippen LogP contribution in [0.1, 0.15) is 21.9 Å². The number of furan rings is 1. The maximum Gasteiger partial charge on any atom is 0.352 e. The van der Waals surface area contributed by atoms with Gasteiger partial charge in [0.2, 0.25) is 0 Å². The number of rotatable bonds is 4. The Hall–Kier alpha value is -2.09. The van der Waals surface area contributed by atoms with Crippen molar-refractivity contribution in [3.8, 4) is 0 Å². The molecule has 6 heteroatoms. The summed E-state index contributed by atoms with van der Waals surface area (Å²) in [6, 6.07) is 10.3. The molecule has 0 saturated heterocycles. The lowest BCUT2D eigenvalue weighted by Crippen LogP contribution is -2.27. The van der Waals surface area contributed by atoms with Crippen molar-refractivity contribution in [3.05, 3.63) is 62.7 Å². The lowest BCUT2D eigenvalue weighted by atomic mass is 10.2. The minimum Gasteiger partial charge on any atom is -0.477 e. The van der Waals surface area contributed by atoms with E-state index in [9.17, 15) is 14.7 Å². The average molecular weight is 397 g/mol. The average Bonchev–Trinajstić information content (AvgIpc) is 2.83. The van der Waals surface area contributed by atoms with Crippen LogP contribution >= 0.6 is 22.6 Å². The molecule has 5 nitrogen and oxygen atoms in total. The normalized spacial score (nSPS) is 11.2. The van der Waals surface area contributed by atoms with Gasteiger partial charge in [0.15, 0.2) is 0 Å². The number of aryl methyl sites for hydroxylation is 1. The molecule has 2 rings (SSSR count). The molecule has 0 unspecified atom stereocenters. The molecule has 1 amide bonds. The number of benzene rings is 1. The summed E-state index contributed by atoms with van der Waals surface area (Å²) in [6.07, 6.45) is 1.28. The van der Waals surface area contributed by atoms with E-state index in [1.54, 1.807) is 43.3 Å². The van der Waals surface area contributed by atoms with Gasteiger partial charge in [0.1, 0.15) is 17.2 Å². The first-order chi connectivity index (χ1) is 9.97. The monoisotopic (exact) mass is 397 g/mol. The van der Waals surface area contributed by atoms with E-state index in [1.165, 1.54) is 6.08 Å². The third kappa shape index (κ3) is 3.94. The highest BCUT2D eigenvalue weighted by atomic mass is 127. The van der Waals surface area contributed by atoms with Crippen LogP contribution in [0.5, 0.6) is 0 Å². The molecule has 108 valence electrons. The highest BCUT2D eigenvalue weighted by Gasteiger charge is 2.15. The first-order valence-corrected chi connectivity index (χ1v) is 7.12. The van der Waals surface area contributed by atoms with Crippen LogP contribution in [0.15, 0.2) is 46.5 Å². The van der Waals surface area contributed by atoms with Crippen LogP contribution in [0.25, 0.3) is 6.08 Å². The van der Waals surface area contributed by atoms with Gasteiger partial charge in [-0.3, -0.25) is 4.79 Å². The van der Waals surface area contributed by atoms with Gasteiger partial charge in [0.05, 0.1) is 5.56 Å². The van der Waals surface area contributed by atoms with Crippen molar-refractivity contribution < 1.29 is 19.1 Å². The van der Waals surface area contributed by atoms with E-state index in [-0.39, 0.29) is 5.70 Å². The Labute approximate surface area is 134 Å². The number of carbonyl (C=O) groups is 2. The molecular weight excluding hydrogens is 385 g/mol. The highest BCUT2D eigenvalue weighted by molar-refractivity contribution is 14.1. The molecule has 0 aliphatic heterocycles. The topological polar surface area (TPSA) is 79.5 Å². The first kappa shape index (κ1) is 15.3. The SMILES string of the molecule is Cc1ccc(/C=C(\NC(=O)c2ccccc2I)C(=O)O)o1. The highest BCUT2D eigenvalue weighted by Crippen LogP contribution is 2.13. The fraction of sp³-hybridized carbons (Fsp3) is 0.0667. The van der Waals surface area contributed by atoms with Crippen LogP contribution in [0, 0.1) is 10.5 Å². The Morgan fingerprint density at radius 3 is 2.52 bits per heavy atom. The Kier molecular flexibility index (Phi) is 4.79. The summed E-state index contributed by atoms with van der Waals surface area (Å²) < 4.78 is 6.02. The van der Waals surface area contributed by atoms with Gasteiger partial charge in [0.25, 0.3) is 5.91 Å². The number of hydrogen-bond acceptors (Lipinski definition) is 3. The van der Waals surface area contributed by atoms with E-state index < -0.39 is 11.9 Å². The van der Waals surface area contributed by atoms with Crippen molar-refractivity contribution in [2.45, 2.75) is 6.92 Å². The molecule has 2 N–H and O–H groups in total. The second kappa shape index (κ2) is 6.57. The van der Waals surface area contributed by atoms with E-state index in [4.69, 9.17) is 4.42 Å². The van der Waals surface area contributed by atoms with Crippen LogP contribution in [0.2, 0.25) is 0 Å². The van der Waals surface area contributed by atoms with E-state index in [0.29, 0.717) is 17.1 Å². The number of halogens is 1. The van der Waals surface area contributed by atoms with Crippen LogP contribution in [0.4, 0.5) is 0 Å². The van der Waals surface area contributed by atoms with E-state index in [2.05, 4.69) is 5.32 Å². The molecule has 0 spiro atoms. The fourth-order valence-electron chi connectivity index (χ4n) is 1.66. The number of nitrogens with one attached hydrogen (secondary N) is 1. The summed E-state index contributed by atoms with van der Waals surface area (Å²) >= 11 is 2.02. The fourth-order valence-corrected chi connectivity index (χ4v) is 2.29. The molecule has 2 aromatic rings. The molecule has 0 aliphatic carbocycles. The van der Waals surface area contributed by atoms with Crippen LogP contribution in [-0.4, -0.2) is 17.0 Å². The smallest absolute Gasteiger partial charge is 0.352 e. The van der Waals surface area contributed by atoms with Crippen molar-refractivity contribution in [2.24, 2.45) is 0 Å². The second-order valence-electron chi connectivity index (χ2n) is 4.25. The molecule has 21 heavy (non-hydrogen) atoms. The quantitative estimate of drug-likeness (QED) is 0.614. The maximum atomic E-state index is 12.1. The number of carbonyl (C=O) groups excluding carboxylic acids is 1. The third-order valence-corrected chi connectivity index (χ3v) is 3.59. The van der Waals surface area contributed by atoms with Gasteiger partial charge in [0, 0.05) is 9.65 Å². The number of hydrogen-bond donors (Lipinski definition) is 2. The summed E-state index contributed by atoms with van der Waals surface area (Å²) in [5.41, 5.74) is 0.176. The minimum atomic E-state index is -1.23. The Morgan fingerprint density at radius 1 is 1.24 bits per heavy atom. The van der Waals surface area contributed by atoms with Crippen molar-refractivity contribution in [1.82, 2.24) is 5.32 Å². The summed E-state index contributed by atoms with van der Waals surface area (Å²) in [5, 5.41) is 11.6. The van der Waals surface area contributed by atoms with Crippen LogP contribution in [0.3, 0.4) is 0 Å². The summed E-state index contributed by atoms with van der Waals surface area (Å²) in [6.45, 7) is 1.75. The largest absolute Gasteiger partial charge is 0.477 e. The summed E-state index contributed by atoms with van der Waals surface area (Å²) in [5.74, 6) is -0.678. The molecule has 1 aromatic carbocycles. The molecule has 0 fully saturated rings. The summed E-state index contributed by atoms with van der Waals surface area (Å²) in [4.78, 5) is 23.4. The predicted molar refractivity (Wildman–Crippen MR) is 85.7 cm³/mol. The van der Waals surface area contributed by atoms with Gasteiger partial charge in [-0.2, -0.15) is 0 Å². The van der Waals surface area contributed by atoms with Crippen molar-refractivity contribution in [3.63, 3.8) is 0 Å². The van der Waals surface area contributed by atoms with Gasteiger partial charge in [-0.15, -0.1) is 0 Å². The summed E-state index contributed by atoms with van der Waals surface area (Å²) in [7, 11) is 0. The number of carboxylic acid groups (broad SMARTS) is 1. The zero-order valence-electron chi connectivity index (χ0n) is 11.1. The van der Waals surface area contributed by atoms with Gasteiger partial charge in [-0.25, -0.2) is 4.79 Å². The Morgan fingerprint density at radius 2 is 1.95 bits per heavy atom. The van der Waals surface area contributed by atoms with Crippen LogP contribution in [-0.2, 0) is 4.79 Å². The standard InChI is InChI=1S/C15H12INO4/c1-9-6-7-10(21-9)8-13(15(19)20)17-14(18)11-4-2-3-5-12(11)16/h2-8H,1H3,(H,17,18)(H,19,20)/b13-8-. The van der Waals surface area contributed by atoms with Crippen LogP contribution < -0.4 is 5.32 Å². The Bertz CT molecular complexity index is 718. The van der Waals surface area contributed by atoms with Gasteiger partial charge in [-0.05, 0) is 53.8 Å². The predicted octanol–water partition coefficient (Wildman–Crippen LogP) is 3.05. The molecule has 1 aromatic heterocycles. The zero-order valence-corrected chi connectivity index (χ0v) is 13.2. The van der Waals surface area contributed by atoms with E-state index >= 15 is 0 Å². The number of amides is 1. The van der Waals surface area contributed by atoms with Gasteiger partial charge in [-0.1, -0.05) is 12.1 Å². The molecule has 0 saturated carbocycles. The van der Waals surface area contributed by atoms with E-state index in [0.717, 1.165) is 3.57 Å².